The lowest BCUT2D eigenvalue weighted by Gasteiger charge is -2.10. The van der Waals surface area contributed by atoms with Crippen LogP contribution in [-0.4, -0.2) is 0 Å². The number of hydrogen-bond donors (Lipinski definition) is 0. The van der Waals surface area contributed by atoms with E-state index >= 15 is 0 Å². The van der Waals surface area contributed by atoms with Gasteiger partial charge in [-0.15, -0.1) is 0 Å². The Balaban J connectivity index is 1.84. The highest BCUT2D eigenvalue weighted by atomic mass is 79.9. The molecule has 0 aromatic heterocycles. The highest BCUT2D eigenvalue weighted by Gasteiger charge is 2.06. The van der Waals surface area contributed by atoms with Crippen LogP contribution in [0.25, 0.3) is 11.6 Å². The molecule has 2 nitrogen and oxygen atoms in total. The maximum atomic E-state index is 9.56. The van der Waals surface area contributed by atoms with Crippen molar-refractivity contribution in [2.75, 3.05) is 0 Å². The van der Waals surface area contributed by atoms with Crippen molar-refractivity contribution in [1.82, 2.24) is 0 Å². The lowest BCUT2D eigenvalue weighted by atomic mass is 10.0. The summed E-state index contributed by atoms with van der Waals surface area (Å²) in [6.45, 7) is 0.471. The third kappa shape index (κ3) is 4.85. The summed E-state index contributed by atoms with van der Waals surface area (Å²) in [4.78, 5) is 0. The van der Waals surface area contributed by atoms with Gasteiger partial charge in [0.25, 0.3) is 0 Å². The fourth-order valence-electron chi connectivity index (χ4n) is 2.44. The predicted molar refractivity (Wildman–Crippen MR) is 113 cm³/mol. The number of para-hydroxylation sites is 1. The molecule has 4 heteroatoms. The quantitative estimate of drug-likeness (QED) is 0.302. The highest BCUT2D eigenvalue weighted by molar-refractivity contribution is 9.10. The predicted octanol–water partition coefficient (Wildman–Crippen LogP) is 6.85. The molecule has 0 atom stereocenters. The van der Waals surface area contributed by atoms with Crippen LogP contribution >= 0.6 is 31.9 Å². The summed E-state index contributed by atoms with van der Waals surface area (Å²) in [5.74, 6) is 0.750. The molecule has 0 radical (unpaired) electrons. The number of hydrogen-bond acceptors (Lipinski definition) is 2. The molecule has 0 unspecified atom stereocenters. The summed E-state index contributed by atoms with van der Waals surface area (Å²) in [7, 11) is 0. The van der Waals surface area contributed by atoms with E-state index in [-0.39, 0.29) is 0 Å². The van der Waals surface area contributed by atoms with Crippen LogP contribution in [0, 0.1) is 11.3 Å². The molecule has 128 valence electrons. The van der Waals surface area contributed by atoms with Crippen LogP contribution in [-0.2, 0) is 6.61 Å². The van der Waals surface area contributed by atoms with Gasteiger partial charge >= 0.3 is 0 Å². The molecule has 0 fully saturated rings. The first-order valence-electron chi connectivity index (χ1n) is 8.00. The van der Waals surface area contributed by atoms with E-state index in [1.54, 1.807) is 0 Å². The number of allylic oxidation sites excluding steroid dienone is 1. The van der Waals surface area contributed by atoms with Gasteiger partial charge in [-0.1, -0.05) is 74.3 Å². The second-order valence-electron chi connectivity index (χ2n) is 5.63. The molecule has 0 heterocycles. The second-order valence-corrected chi connectivity index (χ2v) is 7.46. The lowest BCUT2D eigenvalue weighted by molar-refractivity contribution is 0.305. The number of rotatable bonds is 5. The maximum absolute atomic E-state index is 9.56. The summed E-state index contributed by atoms with van der Waals surface area (Å²) in [5, 5.41) is 9.56. The van der Waals surface area contributed by atoms with Gasteiger partial charge in [0.2, 0.25) is 0 Å². The zero-order valence-electron chi connectivity index (χ0n) is 13.8. The average molecular weight is 469 g/mol. The Morgan fingerprint density at radius 2 is 1.50 bits per heavy atom. The van der Waals surface area contributed by atoms with Crippen molar-refractivity contribution in [3.05, 3.63) is 98.4 Å². The monoisotopic (exact) mass is 467 g/mol. The molecule has 3 aromatic rings. The molecular formula is C22H15Br2NO. The normalized spacial score (nSPS) is 11.0. The molecule has 0 aliphatic rings. The standard InChI is InChI=1S/C22H15Br2NO/c23-20-9-5-16(6-10-20)15-26-22-4-2-1-3-18(22)13-19(14-25)17-7-11-21(24)12-8-17/h1-13H,15H2/b19-13-. The first-order chi connectivity index (χ1) is 12.7. The van der Waals surface area contributed by atoms with Crippen molar-refractivity contribution in [2.45, 2.75) is 6.61 Å². The fraction of sp³-hybridized carbons (Fsp3) is 0.0455. The van der Waals surface area contributed by atoms with E-state index in [1.807, 2.05) is 78.9 Å². The van der Waals surface area contributed by atoms with E-state index < -0.39 is 0 Å². The molecule has 0 N–H and O–H groups in total. The average Bonchev–Trinajstić information content (AvgIpc) is 2.67. The van der Waals surface area contributed by atoms with Crippen LogP contribution in [0.5, 0.6) is 5.75 Å². The molecule has 3 aromatic carbocycles. The first kappa shape index (κ1) is 18.4. The molecule has 0 aliphatic carbocycles. The number of nitriles is 1. The molecular weight excluding hydrogens is 454 g/mol. The number of nitrogens with zero attached hydrogens (tertiary/aromatic N) is 1. The van der Waals surface area contributed by atoms with Gasteiger partial charge in [0.1, 0.15) is 12.4 Å². The van der Waals surface area contributed by atoms with Crippen molar-refractivity contribution >= 4 is 43.5 Å². The Labute approximate surface area is 170 Å². The smallest absolute Gasteiger partial charge is 0.127 e. The van der Waals surface area contributed by atoms with E-state index in [1.165, 1.54) is 0 Å². The SMILES string of the molecule is N#C/C(=C/c1ccccc1OCc1ccc(Br)cc1)c1ccc(Br)cc1. The topological polar surface area (TPSA) is 33.0 Å². The highest BCUT2D eigenvalue weighted by Crippen LogP contribution is 2.26. The van der Waals surface area contributed by atoms with Gasteiger partial charge in [0, 0.05) is 14.5 Å². The maximum Gasteiger partial charge on any atom is 0.127 e. The number of halogens is 2. The van der Waals surface area contributed by atoms with Crippen LogP contribution in [0.3, 0.4) is 0 Å². The molecule has 0 saturated heterocycles. The number of benzene rings is 3. The van der Waals surface area contributed by atoms with Gasteiger partial charge in [-0.05, 0) is 47.5 Å². The van der Waals surface area contributed by atoms with E-state index in [2.05, 4.69) is 37.9 Å². The third-order valence-electron chi connectivity index (χ3n) is 3.80. The molecule has 0 amide bonds. The molecule has 3 rings (SSSR count). The summed E-state index contributed by atoms with van der Waals surface area (Å²) in [5.41, 5.74) is 3.43. The fourth-order valence-corrected chi connectivity index (χ4v) is 2.97. The first-order valence-corrected chi connectivity index (χ1v) is 9.58. The van der Waals surface area contributed by atoms with Gasteiger partial charge in [-0.2, -0.15) is 5.26 Å². The summed E-state index contributed by atoms with van der Waals surface area (Å²) in [6, 6.07) is 25.7. The summed E-state index contributed by atoms with van der Waals surface area (Å²) in [6.07, 6.45) is 1.86. The Morgan fingerprint density at radius 1 is 0.885 bits per heavy atom. The van der Waals surface area contributed by atoms with Crippen molar-refractivity contribution in [1.29, 1.82) is 5.26 Å². The van der Waals surface area contributed by atoms with Gasteiger partial charge in [-0.25, -0.2) is 0 Å². The molecule has 0 aliphatic heterocycles. The van der Waals surface area contributed by atoms with Gasteiger partial charge < -0.3 is 4.74 Å². The Bertz CT molecular complexity index is 955. The summed E-state index contributed by atoms with van der Waals surface area (Å²) < 4.78 is 8.01. The molecule has 26 heavy (non-hydrogen) atoms. The Kier molecular flexibility index (Phi) is 6.27. The zero-order chi connectivity index (χ0) is 18.4. The van der Waals surface area contributed by atoms with Crippen molar-refractivity contribution in [3.63, 3.8) is 0 Å². The van der Waals surface area contributed by atoms with Gasteiger partial charge in [0.15, 0.2) is 0 Å². The van der Waals surface area contributed by atoms with Crippen LogP contribution in [0.1, 0.15) is 16.7 Å². The molecule has 0 saturated carbocycles. The lowest BCUT2D eigenvalue weighted by Crippen LogP contribution is -1.97. The van der Waals surface area contributed by atoms with E-state index in [9.17, 15) is 5.26 Å². The Morgan fingerprint density at radius 3 is 2.15 bits per heavy atom. The molecule has 0 bridgehead atoms. The van der Waals surface area contributed by atoms with Crippen LogP contribution in [0.4, 0.5) is 0 Å². The molecule has 0 spiro atoms. The van der Waals surface area contributed by atoms with Crippen LogP contribution in [0.2, 0.25) is 0 Å². The number of ether oxygens (including phenoxy) is 1. The largest absolute Gasteiger partial charge is 0.488 e. The minimum atomic E-state index is 0.471. The van der Waals surface area contributed by atoms with E-state index in [0.29, 0.717) is 12.2 Å². The zero-order valence-corrected chi connectivity index (χ0v) is 17.0. The summed E-state index contributed by atoms with van der Waals surface area (Å²) >= 11 is 6.85. The minimum Gasteiger partial charge on any atom is -0.488 e. The van der Waals surface area contributed by atoms with E-state index in [0.717, 1.165) is 31.4 Å². The van der Waals surface area contributed by atoms with Crippen LogP contribution in [0.15, 0.2) is 81.7 Å². The van der Waals surface area contributed by atoms with Crippen molar-refractivity contribution < 1.29 is 4.74 Å². The second kappa shape index (κ2) is 8.84. The van der Waals surface area contributed by atoms with Crippen LogP contribution < -0.4 is 4.74 Å². The van der Waals surface area contributed by atoms with Crippen molar-refractivity contribution in [2.24, 2.45) is 0 Å². The Hall–Kier alpha value is -2.35. The minimum absolute atomic E-state index is 0.471. The third-order valence-corrected chi connectivity index (χ3v) is 4.86. The van der Waals surface area contributed by atoms with Crippen molar-refractivity contribution in [3.8, 4) is 11.8 Å². The van der Waals surface area contributed by atoms with Gasteiger partial charge in [-0.3, -0.25) is 0 Å². The van der Waals surface area contributed by atoms with Gasteiger partial charge in [0.05, 0.1) is 11.6 Å². The van der Waals surface area contributed by atoms with E-state index in [4.69, 9.17) is 4.74 Å².